The fourth-order valence-corrected chi connectivity index (χ4v) is 0.445. The van der Waals surface area contributed by atoms with Gasteiger partial charge in [-0.15, -0.1) is 0 Å². The van der Waals surface area contributed by atoms with E-state index in [9.17, 15) is 20.2 Å². The zero-order valence-electron chi connectivity index (χ0n) is 7.28. The van der Waals surface area contributed by atoms with Gasteiger partial charge >= 0.3 is 0 Å². The fraction of sp³-hybridized carbons (Fsp3) is 0.333. The zero-order chi connectivity index (χ0) is 11.8. The first kappa shape index (κ1) is 12.3. The number of nitro groups is 2. The Labute approximate surface area is 82.3 Å². The van der Waals surface area contributed by atoms with Crippen molar-refractivity contribution in [3.05, 3.63) is 20.2 Å². The Kier molecular flexibility index (Phi) is 4.85. The fourth-order valence-electron chi connectivity index (χ4n) is 0.445. The van der Waals surface area contributed by atoms with Crippen molar-refractivity contribution in [2.45, 2.75) is 0 Å². The second-order valence-corrected chi connectivity index (χ2v) is 1.97. The van der Waals surface area contributed by atoms with E-state index in [1.165, 1.54) is 0 Å². The number of hydrazine groups is 2. The molecule has 0 radical (unpaired) electrons. The van der Waals surface area contributed by atoms with E-state index in [1.54, 1.807) is 10.9 Å². The van der Waals surface area contributed by atoms with Gasteiger partial charge in [0.25, 0.3) is 11.9 Å². The van der Waals surface area contributed by atoms with Crippen LogP contribution in [-0.4, -0.2) is 28.7 Å². The van der Waals surface area contributed by atoms with Gasteiger partial charge in [-0.3, -0.25) is 0 Å². The van der Waals surface area contributed by atoms with Crippen molar-refractivity contribution in [2.75, 3.05) is 6.67 Å². The van der Waals surface area contributed by atoms with Gasteiger partial charge < -0.3 is 11.5 Å². The second kappa shape index (κ2) is 5.90. The maximum Gasteiger partial charge on any atom is 0.253 e. The standard InChI is InChI=1S/C3H8N8O4/c4-2(8-10(12)13)6-1-7-3(5)9-11(14)15/h1H2,(H3,4,6,8)(H3,5,7,9). The lowest BCUT2D eigenvalue weighted by atomic mass is 10.9. The minimum Gasteiger partial charge on any atom is -0.365 e. The van der Waals surface area contributed by atoms with E-state index in [2.05, 4.69) is 9.98 Å². The first-order valence-electron chi connectivity index (χ1n) is 3.33. The second-order valence-electron chi connectivity index (χ2n) is 1.97. The average Bonchev–Trinajstić information content (AvgIpc) is 2.00. The summed E-state index contributed by atoms with van der Waals surface area (Å²) in [7, 11) is 0. The highest BCUT2D eigenvalue weighted by atomic mass is 16.7. The number of hydrogen-bond acceptors (Lipinski definition) is 6. The lowest BCUT2D eigenvalue weighted by molar-refractivity contribution is -0.525. The third-order valence-electron chi connectivity index (χ3n) is 0.894. The Morgan fingerprint density at radius 2 is 1.40 bits per heavy atom. The number of nitrogens with zero attached hydrogens (tertiary/aromatic N) is 4. The van der Waals surface area contributed by atoms with E-state index in [0.29, 0.717) is 0 Å². The number of nitrogens with two attached hydrogens (primary N) is 2. The molecule has 0 heterocycles. The van der Waals surface area contributed by atoms with Crippen LogP contribution in [0.5, 0.6) is 0 Å². The van der Waals surface area contributed by atoms with Gasteiger partial charge in [-0.25, -0.2) is 30.2 Å². The third kappa shape index (κ3) is 7.69. The predicted molar refractivity (Wildman–Crippen MR) is 48.4 cm³/mol. The lowest BCUT2D eigenvalue weighted by Crippen LogP contribution is -2.37. The van der Waals surface area contributed by atoms with E-state index in [-0.39, 0.29) is 6.67 Å². The molecule has 0 amide bonds. The molecule has 0 saturated heterocycles. The molecule has 0 aliphatic heterocycles. The summed E-state index contributed by atoms with van der Waals surface area (Å²) in [4.78, 5) is 26.3. The Morgan fingerprint density at radius 3 is 1.67 bits per heavy atom. The zero-order valence-corrected chi connectivity index (χ0v) is 7.28. The van der Waals surface area contributed by atoms with Crippen molar-refractivity contribution >= 4 is 11.9 Å². The van der Waals surface area contributed by atoms with Gasteiger partial charge in [0, 0.05) is 0 Å². The van der Waals surface area contributed by atoms with Gasteiger partial charge in [0.1, 0.15) is 6.67 Å². The summed E-state index contributed by atoms with van der Waals surface area (Å²) in [6.07, 6.45) is 0. The molecule has 0 aromatic carbocycles. The molecule has 0 bridgehead atoms. The van der Waals surface area contributed by atoms with E-state index < -0.39 is 22.0 Å². The van der Waals surface area contributed by atoms with Crippen molar-refractivity contribution in [3.8, 4) is 0 Å². The van der Waals surface area contributed by atoms with Gasteiger partial charge in [0.05, 0.1) is 0 Å². The van der Waals surface area contributed by atoms with Gasteiger partial charge in [-0.2, -0.15) is 0 Å². The first-order valence-corrected chi connectivity index (χ1v) is 3.33. The van der Waals surface area contributed by atoms with E-state index in [0.717, 1.165) is 0 Å². The molecule has 0 saturated carbocycles. The first-order chi connectivity index (χ1) is 6.91. The molecule has 84 valence electrons. The number of rotatable bonds is 4. The molecule has 0 atom stereocenters. The van der Waals surface area contributed by atoms with Gasteiger partial charge in [0.15, 0.2) is 10.1 Å². The summed E-state index contributed by atoms with van der Waals surface area (Å²) in [6.45, 7) is -0.376. The van der Waals surface area contributed by atoms with Crippen LogP contribution in [0, 0.1) is 20.2 Å². The highest BCUT2D eigenvalue weighted by Crippen LogP contribution is 1.73. The van der Waals surface area contributed by atoms with Crippen LogP contribution in [-0.2, 0) is 0 Å². The SMILES string of the molecule is NC(=NCN=C(N)N[N+](=O)[O-])N[N+](=O)[O-]. The highest BCUT2D eigenvalue weighted by Gasteiger charge is 1.99. The average molecular weight is 220 g/mol. The Morgan fingerprint density at radius 1 is 1.07 bits per heavy atom. The molecule has 12 nitrogen and oxygen atoms in total. The smallest absolute Gasteiger partial charge is 0.253 e. The molecular weight excluding hydrogens is 212 g/mol. The van der Waals surface area contributed by atoms with Crippen molar-refractivity contribution in [2.24, 2.45) is 21.5 Å². The van der Waals surface area contributed by atoms with Crippen LogP contribution in [0.25, 0.3) is 0 Å². The molecule has 0 aliphatic rings. The number of nitrogens with one attached hydrogen (secondary N) is 2. The van der Waals surface area contributed by atoms with Crippen LogP contribution in [0.4, 0.5) is 0 Å². The van der Waals surface area contributed by atoms with Crippen LogP contribution in [0.15, 0.2) is 9.98 Å². The van der Waals surface area contributed by atoms with E-state index in [1.807, 2.05) is 0 Å². The molecule has 15 heavy (non-hydrogen) atoms. The predicted octanol–water partition coefficient (Wildman–Crippen LogP) is -2.86. The highest BCUT2D eigenvalue weighted by molar-refractivity contribution is 5.78. The quantitative estimate of drug-likeness (QED) is 0.168. The van der Waals surface area contributed by atoms with Crippen LogP contribution in [0.2, 0.25) is 0 Å². The van der Waals surface area contributed by atoms with E-state index >= 15 is 0 Å². The number of aliphatic imine (C=N–C) groups is 2. The van der Waals surface area contributed by atoms with Crippen molar-refractivity contribution < 1.29 is 10.1 Å². The van der Waals surface area contributed by atoms with Gasteiger partial charge in [0.2, 0.25) is 0 Å². The normalized spacial score (nSPS) is 12.0. The molecule has 0 aliphatic carbocycles. The molecule has 0 unspecified atom stereocenters. The monoisotopic (exact) mass is 220 g/mol. The summed E-state index contributed by atoms with van der Waals surface area (Å²) in [5, 5.41) is 17.8. The topological polar surface area (TPSA) is 187 Å². The Hall–Kier alpha value is -2.66. The third-order valence-corrected chi connectivity index (χ3v) is 0.894. The molecule has 0 aromatic rings. The minimum atomic E-state index is -0.916. The van der Waals surface area contributed by atoms with Crippen molar-refractivity contribution in [1.82, 2.24) is 10.9 Å². The number of hydrogen-bond donors (Lipinski definition) is 4. The van der Waals surface area contributed by atoms with Crippen LogP contribution in [0.1, 0.15) is 0 Å². The maximum absolute atomic E-state index is 9.82. The summed E-state index contributed by atoms with van der Waals surface area (Å²) in [5.74, 6) is -0.977. The molecule has 12 heteroatoms. The largest absolute Gasteiger partial charge is 0.365 e. The Balaban J connectivity index is 4.04. The van der Waals surface area contributed by atoms with Crippen molar-refractivity contribution in [1.29, 1.82) is 0 Å². The summed E-state index contributed by atoms with van der Waals surface area (Å²) < 4.78 is 0. The maximum atomic E-state index is 9.82. The molecule has 0 aromatic heterocycles. The van der Waals surface area contributed by atoms with Crippen LogP contribution in [0.3, 0.4) is 0 Å². The molecule has 6 N–H and O–H groups in total. The van der Waals surface area contributed by atoms with Crippen LogP contribution < -0.4 is 22.3 Å². The van der Waals surface area contributed by atoms with E-state index in [4.69, 9.17) is 11.5 Å². The molecule has 0 fully saturated rings. The number of guanidine groups is 2. The van der Waals surface area contributed by atoms with Gasteiger partial charge in [-0.1, -0.05) is 10.9 Å². The summed E-state index contributed by atoms with van der Waals surface area (Å²) in [6, 6.07) is 0. The molecular formula is C3H8N8O4. The molecule has 0 rings (SSSR count). The molecule has 0 spiro atoms. The lowest BCUT2D eigenvalue weighted by Gasteiger charge is -1.95. The summed E-state index contributed by atoms with van der Waals surface area (Å²) >= 11 is 0. The van der Waals surface area contributed by atoms with Gasteiger partial charge in [-0.05, 0) is 0 Å². The van der Waals surface area contributed by atoms with Crippen molar-refractivity contribution in [3.63, 3.8) is 0 Å². The minimum absolute atomic E-state index is 0.376. The Bertz CT molecular complexity index is 279. The summed E-state index contributed by atoms with van der Waals surface area (Å²) in [5.41, 5.74) is 13.1. The van der Waals surface area contributed by atoms with Crippen LogP contribution >= 0.6 is 0 Å².